The lowest BCUT2D eigenvalue weighted by molar-refractivity contribution is -0.144. The van der Waals surface area contributed by atoms with Crippen molar-refractivity contribution < 1.29 is 15.0 Å². The van der Waals surface area contributed by atoms with Gasteiger partial charge < -0.3 is 10.2 Å². The molecule has 0 aromatic heterocycles. The summed E-state index contributed by atoms with van der Waals surface area (Å²) in [6.07, 6.45) is -0.663. The van der Waals surface area contributed by atoms with E-state index in [0.29, 0.717) is 5.02 Å². The van der Waals surface area contributed by atoms with Gasteiger partial charge in [0.25, 0.3) is 0 Å². The van der Waals surface area contributed by atoms with Crippen LogP contribution in [0.3, 0.4) is 0 Å². The predicted molar refractivity (Wildman–Crippen MR) is 83.4 cm³/mol. The van der Waals surface area contributed by atoms with Gasteiger partial charge >= 0.3 is 5.97 Å². The maximum absolute atomic E-state index is 10.9. The molecule has 2 aromatic rings. The molecule has 0 aliphatic carbocycles. The van der Waals surface area contributed by atoms with Crippen LogP contribution in [-0.4, -0.2) is 22.3 Å². The van der Waals surface area contributed by atoms with E-state index in [2.05, 4.69) is 0 Å². The topological polar surface area (TPSA) is 57.5 Å². The first-order chi connectivity index (χ1) is 9.99. The molecule has 3 nitrogen and oxygen atoms in total. The third-order valence-electron chi connectivity index (χ3n) is 3.53. The van der Waals surface area contributed by atoms with Crippen molar-refractivity contribution in [3.63, 3.8) is 0 Å². The lowest BCUT2D eigenvalue weighted by Gasteiger charge is -2.15. The molecule has 0 spiro atoms. The highest BCUT2D eigenvalue weighted by atomic mass is 35.5. The Kier molecular flexibility index (Phi) is 4.99. The van der Waals surface area contributed by atoms with Crippen molar-refractivity contribution in [3.05, 3.63) is 59.1 Å². The van der Waals surface area contributed by atoms with Gasteiger partial charge in [-0.05, 0) is 30.5 Å². The first kappa shape index (κ1) is 15.5. The fraction of sp³-hybridized carbons (Fsp3) is 0.235. The van der Waals surface area contributed by atoms with Gasteiger partial charge in [0.2, 0.25) is 0 Å². The highest BCUT2D eigenvalue weighted by Gasteiger charge is 2.21. The van der Waals surface area contributed by atoms with Crippen LogP contribution in [0.25, 0.3) is 11.1 Å². The number of aliphatic carboxylic acids is 1. The number of hydrogen-bond donors (Lipinski definition) is 2. The molecule has 2 rings (SSSR count). The minimum atomic E-state index is -1.01. The molecule has 0 fully saturated rings. The van der Waals surface area contributed by atoms with Gasteiger partial charge in [-0.1, -0.05) is 54.1 Å². The fourth-order valence-corrected chi connectivity index (χ4v) is 2.43. The van der Waals surface area contributed by atoms with E-state index in [1.807, 2.05) is 42.5 Å². The molecule has 0 saturated heterocycles. The summed E-state index contributed by atoms with van der Waals surface area (Å²) in [5.41, 5.74) is 2.76. The molecule has 0 aliphatic rings. The van der Waals surface area contributed by atoms with Gasteiger partial charge in [-0.15, -0.1) is 0 Å². The minimum absolute atomic E-state index is 0.266. The van der Waals surface area contributed by atoms with E-state index in [1.165, 1.54) is 6.92 Å². The lowest BCUT2D eigenvalue weighted by atomic mass is 9.96. The molecule has 2 unspecified atom stereocenters. The third-order valence-corrected chi connectivity index (χ3v) is 3.84. The molecule has 0 saturated carbocycles. The van der Waals surface area contributed by atoms with Gasteiger partial charge in [0.1, 0.15) is 0 Å². The van der Waals surface area contributed by atoms with Crippen LogP contribution in [0.1, 0.15) is 12.5 Å². The Morgan fingerprint density at radius 1 is 1.19 bits per heavy atom. The van der Waals surface area contributed by atoms with Gasteiger partial charge in [-0.25, -0.2) is 0 Å². The number of benzene rings is 2. The minimum Gasteiger partial charge on any atom is -0.481 e. The van der Waals surface area contributed by atoms with Crippen molar-refractivity contribution in [2.45, 2.75) is 19.4 Å². The van der Waals surface area contributed by atoms with E-state index >= 15 is 0 Å². The smallest absolute Gasteiger partial charge is 0.308 e. The second-order valence-corrected chi connectivity index (χ2v) is 5.49. The van der Waals surface area contributed by atoms with Gasteiger partial charge in [0.15, 0.2) is 0 Å². The van der Waals surface area contributed by atoms with Crippen LogP contribution < -0.4 is 0 Å². The van der Waals surface area contributed by atoms with Gasteiger partial charge in [-0.3, -0.25) is 4.79 Å². The molecule has 4 heteroatoms. The van der Waals surface area contributed by atoms with Gasteiger partial charge in [-0.2, -0.15) is 0 Å². The average molecular weight is 305 g/mol. The average Bonchev–Trinajstić information content (AvgIpc) is 2.47. The maximum atomic E-state index is 10.9. The highest BCUT2D eigenvalue weighted by molar-refractivity contribution is 6.33. The van der Waals surface area contributed by atoms with Crippen LogP contribution >= 0.6 is 11.6 Å². The molecule has 0 radical (unpaired) electrons. The SMILES string of the molecule is CC(C(=O)O)C(O)Cc1ccc(-c2ccccc2)c(Cl)c1. The van der Waals surface area contributed by atoms with E-state index < -0.39 is 18.0 Å². The zero-order valence-electron chi connectivity index (χ0n) is 11.7. The summed E-state index contributed by atoms with van der Waals surface area (Å²) in [6, 6.07) is 15.3. The van der Waals surface area contributed by atoms with Crippen LogP contribution in [0.15, 0.2) is 48.5 Å². The van der Waals surface area contributed by atoms with E-state index in [9.17, 15) is 9.90 Å². The highest BCUT2D eigenvalue weighted by Crippen LogP contribution is 2.29. The molecule has 21 heavy (non-hydrogen) atoms. The van der Waals surface area contributed by atoms with Crippen molar-refractivity contribution in [1.29, 1.82) is 0 Å². The molecule has 0 amide bonds. The normalized spacial score (nSPS) is 13.7. The van der Waals surface area contributed by atoms with Crippen LogP contribution in [0.5, 0.6) is 0 Å². The molecule has 2 aromatic carbocycles. The Morgan fingerprint density at radius 2 is 1.86 bits per heavy atom. The first-order valence-corrected chi connectivity index (χ1v) is 7.11. The van der Waals surface area contributed by atoms with Crippen LogP contribution in [-0.2, 0) is 11.2 Å². The fourth-order valence-electron chi connectivity index (χ4n) is 2.12. The van der Waals surface area contributed by atoms with Gasteiger partial charge in [0.05, 0.1) is 12.0 Å². The van der Waals surface area contributed by atoms with E-state index in [1.54, 1.807) is 6.07 Å². The number of carboxylic acids is 1. The quantitative estimate of drug-likeness (QED) is 0.887. The molecule has 0 heterocycles. The van der Waals surface area contributed by atoms with Crippen LogP contribution in [0.2, 0.25) is 5.02 Å². The third kappa shape index (κ3) is 3.84. The van der Waals surface area contributed by atoms with Gasteiger partial charge in [0, 0.05) is 10.6 Å². The van der Waals surface area contributed by atoms with Crippen molar-refractivity contribution in [2.75, 3.05) is 0 Å². The summed E-state index contributed by atoms with van der Waals surface area (Å²) in [6.45, 7) is 1.49. The number of rotatable bonds is 5. The van der Waals surface area contributed by atoms with E-state index in [4.69, 9.17) is 16.7 Å². The van der Waals surface area contributed by atoms with Crippen molar-refractivity contribution in [1.82, 2.24) is 0 Å². The molecule has 110 valence electrons. The summed E-state index contributed by atoms with van der Waals surface area (Å²) in [5.74, 6) is -1.81. The lowest BCUT2D eigenvalue weighted by Crippen LogP contribution is -2.27. The maximum Gasteiger partial charge on any atom is 0.308 e. The number of aliphatic hydroxyl groups is 1. The number of halogens is 1. The number of aliphatic hydroxyl groups excluding tert-OH is 1. The summed E-state index contributed by atoms with van der Waals surface area (Å²) >= 11 is 6.29. The van der Waals surface area contributed by atoms with Crippen molar-refractivity contribution in [3.8, 4) is 11.1 Å². The Bertz CT molecular complexity index is 625. The van der Waals surface area contributed by atoms with Crippen LogP contribution in [0.4, 0.5) is 0 Å². The predicted octanol–water partition coefficient (Wildman–Crippen LogP) is 3.63. The largest absolute Gasteiger partial charge is 0.481 e. The Hall–Kier alpha value is -1.84. The summed E-state index contributed by atoms with van der Waals surface area (Å²) in [4.78, 5) is 10.9. The van der Waals surface area contributed by atoms with Crippen molar-refractivity contribution in [2.24, 2.45) is 5.92 Å². The summed E-state index contributed by atoms with van der Waals surface area (Å²) in [5, 5.41) is 19.4. The second-order valence-electron chi connectivity index (χ2n) is 5.08. The molecule has 2 atom stereocenters. The Balaban J connectivity index is 2.18. The standard InChI is InChI=1S/C17H17ClO3/c1-11(17(20)21)16(19)10-12-7-8-14(15(18)9-12)13-5-3-2-4-6-13/h2-9,11,16,19H,10H2,1H3,(H,20,21). The van der Waals surface area contributed by atoms with E-state index in [-0.39, 0.29) is 6.42 Å². The molecule has 0 aliphatic heterocycles. The first-order valence-electron chi connectivity index (χ1n) is 6.73. The molecular formula is C17H17ClO3. The number of hydrogen-bond acceptors (Lipinski definition) is 2. The zero-order valence-corrected chi connectivity index (χ0v) is 12.4. The summed E-state index contributed by atoms with van der Waals surface area (Å²) < 4.78 is 0. The Morgan fingerprint density at radius 3 is 2.43 bits per heavy atom. The number of carbonyl (C=O) groups is 1. The zero-order chi connectivity index (χ0) is 15.4. The Labute approximate surface area is 128 Å². The monoisotopic (exact) mass is 304 g/mol. The molecule has 2 N–H and O–H groups in total. The molecular weight excluding hydrogens is 288 g/mol. The van der Waals surface area contributed by atoms with Crippen molar-refractivity contribution >= 4 is 17.6 Å². The van der Waals surface area contributed by atoms with Crippen LogP contribution in [0, 0.1) is 5.92 Å². The summed E-state index contributed by atoms with van der Waals surface area (Å²) in [7, 11) is 0. The number of carboxylic acid groups (broad SMARTS) is 1. The molecule has 0 bridgehead atoms. The van der Waals surface area contributed by atoms with E-state index in [0.717, 1.165) is 16.7 Å². The second kappa shape index (κ2) is 6.74.